The largest absolute Gasteiger partial charge is 0.319 e. The maximum absolute atomic E-state index is 6.03. The van der Waals surface area contributed by atoms with Crippen LogP contribution in [-0.2, 0) is 5.54 Å². The molecule has 0 atom stereocenters. The lowest BCUT2D eigenvalue weighted by atomic mass is 9.82. The fraction of sp³-hybridized carbons (Fsp3) is 0.667. The minimum absolute atomic E-state index is 0.440. The summed E-state index contributed by atoms with van der Waals surface area (Å²) in [5, 5.41) is 0. The van der Waals surface area contributed by atoms with E-state index >= 15 is 0 Å². The summed E-state index contributed by atoms with van der Waals surface area (Å²) in [7, 11) is 0. The molecule has 0 bridgehead atoms. The Kier molecular flexibility index (Phi) is 2.51. The summed E-state index contributed by atoms with van der Waals surface area (Å²) in [6.45, 7) is 5.91. The number of hydrogen-bond acceptors (Lipinski definition) is 3. The van der Waals surface area contributed by atoms with Crippen molar-refractivity contribution in [3.63, 3.8) is 0 Å². The van der Waals surface area contributed by atoms with Crippen molar-refractivity contribution in [3.05, 3.63) is 23.3 Å². The SMILES string of the molecule is Cc1cc(C2CCC2)nc(C(C)(C)N)n1. The van der Waals surface area contributed by atoms with Crippen LogP contribution in [0.4, 0.5) is 0 Å². The van der Waals surface area contributed by atoms with Gasteiger partial charge in [-0.2, -0.15) is 0 Å². The number of aryl methyl sites for hydroxylation is 1. The van der Waals surface area contributed by atoms with Crippen LogP contribution in [0.25, 0.3) is 0 Å². The minimum atomic E-state index is -0.440. The fourth-order valence-electron chi connectivity index (χ4n) is 1.79. The van der Waals surface area contributed by atoms with Crippen LogP contribution < -0.4 is 5.73 Å². The van der Waals surface area contributed by atoms with Crippen molar-refractivity contribution in [2.24, 2.45) is 5.73 Å². The molecule has 3 heteroatoms. The molecule has 0 spiro atoms. The highest BCUT2D eigenvalue weighted by Crippen LogP contribution is 2.35. The van der Waals surface area contributed by atoms with Gasteiger partial charge in [-0.05, 0) is 39.7 Å². The number of nitrogens with zero attached hydrogens (tertiary/aromatic N) is 2. The van der Waals surface area contributed by atoms with Gasteiger partial charge in [-0.15, -0.1) is 0 Å². The third-order valence-corrected chi connectivity index (χ3v) is 2.97. The zero-order chi connectivity index (χ0) is 11.1. The molecule has 2 rings (SSSR count). The van der Waals surface area contributed by atoms with Gasteiger partial charge in [-0.1, -0.05) is 6.42 Å². The highest BCUT2D eigenvalue weighted by Gasteiger charge is 2.24. The Morgan fingerprint density at radius 1 is 1.33 bits per heavy atom. The van der Waals surface area contributed by atoms with Crippen molar-refractivity contribution in [1.82, 2.24) is 9.97 Å². The Bertz CT molecular complexity index is 362. The van der Waals surface area contributed by atoms with Crippen molar-refractivity contribution in [1.29, 1.82) is 0 Å². The van der Waals surface area contributed by atoms with Crippen molar-refractivity contribution < 1.29 is 0 Å². The standard InChI is InChI=1S/C12H19N3/c1-8-7-10(9-5-4-6-9)15-11(14-8)12(2,3)13/h7,9H,4-6,13H2,1-3H3. The van der Waals surface area contributed by atoms with Crippen molar-refractivity contribution in [2.45, 2.75) is 51.5 Å². The number of hydrogen-bond donors (Lipinski definition) is 1. The van der Waals surface area contributed by atoms with Gasteiger partial charge < -0.3 is 5.73 Å². The highest BCUT2D eigenvalue weighted by molar-refractivity contribution is 5.18. The summed E-state index contributed by atoms with van der Waals surface area (Å²) < 4.78 is 0. The maximum Gasteiger partial charge on any atom is 0.148 e. The second-order valence-corrected chi connectivity index (χ2v) is 5.11. The Morgan fingerprint density at radius 2 is 2.00 bits per heavy atom. The van der Waals surface area contributed by atoms with Gasteiger partial charge in [0.25, 0.3) is 0 Å². The first-order valence-corrected chi connectivity index (χ1v) is 5.62. The summed E-state index contributed by atoms with van der Waals surface area (Å²) in [4.78, 5) is 9.00. The topological polar surface area (TPSA) is 51.8 Å². The molecule has 1 fully saturated rings. The van der Waals surface area contributed by atoms with E-state index in [1.54, 1.807) is 0 Å². The molecule has 3 nitrogen and oxygen atoms in total. The first kappa shape index (κ1) is 10.6. The van der Waals surface area contributed by atoms with E-state index in [1.165, 1.54) is 25.0 Å². The second-order valence-electron chi connectivity index (χ2n) is 5.11. The van der Waals surface area contributed by atoms with Gasteiger partial charge in [-0.3, -0.25) is 0 Å². The van der Waals surface area contributed by atoms with Crippen LogP contribution in [-0.4, -0.2) is 9.97 Å². The average molecular weight is 205 g/mol. The van der Waals surface area contributed by atoms with Crippen LogP contribution in [0.3, 0.4) is 0 Å². The maximum atomic E-state index is 6.03. The third-order valence-electron chi connectivity index (χ3n) is 2.97. The first-order chi connectivity index (χ1) is 6.97. The Labute approximate surface area is 91.1 Å². The average Bonchev–Trinajstić information content (AvgIpc) is 1.97. The van der Waals surface area contributed by atoms with Gasteiger partial charge >= 0.3 is 0 Å². The molecule has 0 amide bonds. The second kappa shape index (κ2) is 3.56. The van der Waals surface area contributed by atoms with Gasteiger partial charge in [0.1, 0.15) is 5.82 Å². The molecule has 0 saturated heterocycles. The quantitative estimate of drug-likeness (QED) is 0.805. The Morgan fingerprint density at radius 3 is 2.47 bits per heavy atom. The molecule has 0 unspecified atom stereocenters. The first-order valence-electron chi connectivity index (χ1n) is 5.62. The van der Waals surface area contributed by atoms with E-state index in [0.717, 1.165) is 11.5 Å². The summed E-state index contributed by atoms with van der Waals surface area (Å²) in [5.41, 5.74) is 7.80. The van der Waals surface area contributed by atoms with Crippen LogP contribution in [0.2, 0.25) is 0 Å². The number of nitrogens with two attached hydrogens (primary N) is 1. The fourth-order valence-corrected chi connectivity index (χ4v) is 1.79. The molecular weight excluding hydrogens is 186 g/mol. The normalized spacial score (nSPS) is 17.6. The molecule has 1 heterocycles. The van der Waals surface area contributed by atoms with E-state index in [2.05, 4.69) is 16.0 Å². The molecule has 1 aliphatic rings. The summed E-state index contributed by atoms with van der Waals surface area (Å²) in [6, 6.07) is 2.10. The van der Waals surface area contributed by atoms with Crippen molar-refractivity contribution in [2.75, 3.05) is 0 Å². The van der Waals surface area contributed by atoms with Crippen LogP contribution in [0.5, 0.6) is 0 Å². The minimum Gasteiger partial charge on any atom is -0.319 e. The Balaban J connectivity index is 2.36. The van der Waals surface area contributed by atoms with E-state index in [9.17, 15) is 0 Å². The van der Waals surface area contributed by atoms with Crippen LogP contribution in [0, 0.1) is 6.92 Å². The summed E-state index contributed by atoms with van der Waals surface area (Å²) >= 11 is 0. The number of rotatable bonds is 2. The molecule has 0 radical (unpaired) electrons. The van der Waals surface area contributed by atoms with E-state index in [-0.39, 0.29) is 0 Å². The van der Waals surface area contributed by atoms with Gasteiger partial charge in [-0.25, -0.2) is 9.97 Å². The molecule has 1 aromatic rings. The lowest BCUT2D eigenvalue weighted by Gasteiger charge is -2.26. The lowest BCUT2D eigenvalue weighted by Crippen LogP contribution is -2.32. The van der Waals surface area contributed by atoms with Gasteiger partial charge in [0.05, 0.1) is 5.54 Å². The van der Waals surface area contributed by atoms with Crippen LogP contribution >= 0.6 is 0 Å². The molecule has 0 aliphatic heterocycles. The van der Waals surface area contributed by atoms with E-state index in [4.69, 9.17) is 5.73 Å². The predicted octanol–water partition coefficient (Wildman–Crippen LogP) is 2.25. The monoisotopic (exact) mass is 205 g/mol. The highest BCUT2D eigenvalue weighted by atomic mass is 15.0. The Hall–Kier alpha value is -0.960. The zero-order valence-electron chi connectivity index (χ0n) is 9.75. The van der Waals surface area contributed by atoms with Crippen LogP contribution in [0.1, 0.15) is 56.2 Å². The summed E-state index contributed by atoms with van der Waals surface area (Å²) in [5.74, 6) is 1.41. The predicted molar refractivity (Wildman–Crippen MR) is 60.6 cm³/mol. The molecule has 82 valence electrons. The third kappa shape index (κ3) is 2.17. The molecular formula is C12H19N3. The molecule has 1 aliphatic carbocycles. The van der Waals surface area contributed by atoms with E-state index < -0.39 is 5.54 Å². The smallest absolute Gasteiger partial charge is 0.148 e. The lowest BCUT2D eigenvalue weighted by molar-refractivity contribution is 0.404. The number of aromatic nitrogens is 2. The van der Waals surface area contributed by atoms with Crippen molar-refractivity contribution >= 4 is 0 Å². The molecule has 2 N–H and O–H groups in total. The van der Waals surface area contributed by atoms with Gasteiger partial charge in [0.2, 0.25) is 0 Å². The van der Waals surface area contributed by atoms with Gasteiger partial charge in [0.15, 0.2) is 0 Å². The molecule has 0 aromatic carbocycles. The summed E-state index contributed by atoms with van der Waals surface area (Å²) in [6.07, 6.45) is 3.86. The molecule has 15 heavy (non-hydrogen) atoms. The van der Waals surface area contributed by atoms with E-state index in [0.29, 0.717) is 5.92 Å². The zero-order valence-corrected chi connectivity index (χ0v) is 9.75. The van der Waals surface area contributed by atoms with Gasteiger partial charge in [0, 0.05) is 17.3 Å². The molecule has 1 saturated carbocycles. The molecule has 1 aromatic heterocycles. The van der Waals surface area contributed by atoms with Crippen LogP contribution in [0.15, 0.2) is 6.07 Å². The van der Waals surface area contributed by atoms with Crippen molar-refractivity contribution in [3.8, 4) is 0 Å². The van der Waals surface area contributed by atoms with E-state index in [1.807, 2.05) is 20.8 Å².